The zero-order valence-corrected chi connectivity index (χ0v) is 13.1. The SMILES string of the molecule is [2H]C1([2H])CCC([2H])([2H])c2cc(-c3cc4c(c[n+]3C)C([2H])([2H])CCC4([2H])[2H])c(C)cc21. The van der Waals surface area contributed by atoms with Crippen molar-refractivity contribution >= 4 is 0 Å². The van der Waals surface area contributed by atoms with Crippen LogP contribution in [0.5, 0.6) is 0 Å². The van der Waals surface area contributed by atoms with Gasteiger partial charge in [-0.15, -0.1) is 0 Å². The van der Waals surface area contributed by atoms with Gasteiger partial charge in [-0.05, 0) is 86.4 Å². The molecule has 1 heteroatoms. The summed E-state index contributed by atoms with van der Waals surface area (Å²) in [6.45, 7) is 1.85. The van der Waals surface area contributed by atoms with Crippen molar-refractivity contribution in [2.75, 3.05) is 0 Å². The monoisotopic (exact) mass is 300 g/mol. The third-order valence-corrected chi connectivity index (χ3v) is 4.43. The van der Waals surface area contributed by atoms with Crippen molar-refractivity contribution < 1.29 is 15.5 Å². The quantitative estimate of drug-likeness (QED) is 0.693. The fourth-order valence-electron chi connectivity index (χ4n) is 3.27. The molecule has 2 aromatic rings. The first kappa shape index (κ1) is 7.77. The van der Waals surface area contributed by atoms with E-state index >= 15 is 0 Å². The minimum Gasteiger partial charge on any atom is -0.201 e. The maximum absolute atomic E-state index is 8.42. The third kappa shape index (κ3) is 2.37. The number of fused-ring (bicyclic) bond motifs is 2. The van der Waals surface area contributed by atoms with Gasteiger partial charge in [0, 0.05) is 28.2 Å². The molecule has 1 nitrogen and oxygen atoms in total. The molecule has 0 saturated heterocycles. The molecule has 0 saturated carbocycles. The number of hydrogen-bond donors (Lipinski definition) is 0. The minimum absolute atomic E-state index is 0.103. The Morgan fingerprint density at radius 3 is 2.05 bits per heavy atom. The number of aryl methyl sites for hydroxylation is 6. The van der Waals surface area contributed by atoms with Crippen molar-refractivity contribution in [1.29, 1.82) is 0 Å². The van der Waals surface area contributed by atoms with Crippen molar-refractivity contribution in [3.8, 4) is 11.3 Å². The number of pyridine rings is 1. The Morgan fingerprint density at radius 1 is 0.818 bits per heavy atom. The molecule has 2 aliphatic rings. The van der Waals surface area contributed by atoms with Crippen LogP contribution in [-0.2, 0) is 32.5 Å². The molecular weight excluding hydrogens is 266 g/mol. The molecule has 0 fully saturated rings. The van der Waals surface area contributed by atoms with Gasteiger partial charge in [-0.3, -0.25) is 0 Å². The van der Waals surface area contributed by atoms with E-state index in [1.54, 1.807) is 36.0 Å². The molecule has 1 aromatic carbocycles. The lowest BCUT2D eigenvalue weighted by Crippen LogP contribution is -2.33. The summed E-state index contributed by atoms with van der Waals surface area (Å²) in [6, 6.07) is 5.11. The molecule has 0 unspecified atom stereocenters. The lowest BCUT2D eigenvalue weighted by Gasteiger charge is -2.19. The first-order valence-corrected chi connectivity index (χ1v) is 7.86. The molecule has 0 atom stereocenters. The van der Waals surface area contributed by atoms with Crippen LogP contribution in [0.15, 0.2) is 24.4 Å². The maximum Gasteiger partial charge on any atom is 0.212 e. The highest BCUT2D eigenvalue weighted by Gasteiger charge is 2.21. The van der Waals surface area contributed by atoms with Gasteiger partial charge in [-0.25, -0.2) is 4.57 Å². The second-order valence-corrected chi connectivity index (χ2v) is 6.02. The number of aromatic nitrogens is 1. The van der Waals surface area contributed by atoms with Crippen LogP contribution in [0.4, 0.5) is 0 Å². The van der Waals surface area contributed by atoms with E-state index in [4.69, 9.17) is 11.0 Å². The van der Waals surface area contributed by atoms with E-state index in [-0.39, 0.29) is 25.7 Å². The van der Waals surface area contributed by atoms with Gasteiger partial charge in [0.1, 0.15) is 7.05 Å². The van der Waals surface area contributed by atoms with E-state index in [1.165, 1.54) is 0 Å². The molecule has 0 N–H and O–H groups in total. The standard InChI is InChI=1S/C21H26N/c1-15-11-16-7-3-4-8-17(16)12-20(15)21-13-18-9-5-6-10-19(18)14-22(21)2/h11-14H,3-10H2,1-2H3/q+1/i7D2,8D2,9D2,10D2. The lowest BCUT2D eigenvalue weighted by molar-refractivity contribution is -0.660. The van der Waals surface area contributed by atoms with Crippen molar-refractivity contribution in [3.05, 3.63) is 52.2 Å². The zero-order chi connectivity index (χ0) is 22.3. The molecule has 1 heterocycles. The number of hydrogen-bond acceptors (Lipinski definition) is 0. The van der Waals surface area contributed by atoms with E-state index < -0.39 is 25.5 Å². The van der Waals surface area contributed by atoms with Gasteiger partial charge in [0.05, 0.1) is 0 Å². The molecule has 22 heavy (non-hydrogen) atoms. The Morgan fingerprint density at radius 2 is 1.36 bits per heavy atom. The lowest BCUT2D eigenvalue weighted by atomic mass is 9.86. The van der Waals surface area contributed by atoms with Gasteiger partial charge >= 0.3 is 0 Å². The Balaban J connectivity index is 1.97. The van der Waals surface area contributed by atoms with E-state index in [9.17, 15) is 0 Å². The smallest absolute Gasteiger partial charge is 0.201 e. The Bertz CT molecular complexity index is 958. The summed E-state index contributed by atoms with van der Waals surface area (Å²) in [6.07, 6.45) is -4.35. The maximum atomic E-state index is 8.42. The minimum atomic E-state index is -1.64. The fraction of sp³-hybridized carbons (Fsp3) is 0.476. The van der Waals surface area contributed by atoms with Crippen molar-refractivity contribution in [2.24, 2.45) is 7.05 Å². The van der Waals surface area contributed by atoms with Crippen molar-refractivity contribution in [3.63, 3.8) is 0 Å². The van der Waals surface area contributed by atoms with E-state index in [0.29, 0.717) is 33.5 Å². The van der Waals surface area contributed by atoms with E-state index in [1.807, 2.05) is 6.92 Å². The molecule has 4 rings (SSSR count). The zero-order valence-electron chi connectivity index (χ0n) is 21.1. The largest absolute Gasteiger partial charge is 0.212 e. The highest BCUT2D eigenvalue weighted by Crippen LogP contribution is 2.31. The Kier molecular flexibility index (Phi) is 1.95. The topological polar surface area (TPSA) is 3.88 Å². The number of rotatable bonds is 1. The summed E-state index contributed by atoms with van der Waals surface area (Å²) in [5.74, 6) is 0. The molecule has 0 aliphatic heterocycles. The predicted octanol–water partition coefficient (Wildman–Crippen LogP) is 4.24. The first-order chi connectivity index (χ1) is 13.7. The van der Waals surface area contributed by atoms with Crippen LogP contribution in [0.3, 0.4) is 0 Å². The van der Waals surface area contributed by atoms with Crippen molar-refractivity contribution in [1.82, 2.24) is 0 Å². The molecule has 2 aliphatic carbocycles. The molecule has 0 radical (unpaired) electrons. The average molecular weight is 300 g/mol. The second-order valence-electron chi connectivity index (χ2n) is 6.02. The summed E-state index contributed by atoms with van der Waals surface area (Å²) in [5, 5.41) is 0. The van der Waals surface area contributed by atoms with Crippen LogP contribution < -0.4 is 4.57 Å². The molecule has 0 bridgehead atoms. The summed E-state index contributed by atoms with van der Waals surface area (Å²) >= 11 is 0. The highest BCUT2D eigenvalue weighted by atomic mass is 14.9. The third-order valence-electron chi connectivity index (χ3n) is 4.43. The van der Waals surface area contributed by atoms with Crippen LogP contribution in [-0.4, -0.2) is 0 Å². The van der Waals surface area contributed by atoms with Crippen LogP contribution in [0.1, 0.15) is 64.5 Å². The summed E-state index contributed by atoms with van der Waals surface area (Å²) in [4.78, 5) is 0. The molecule has 1 aromatic heterocycles. The molecule has 0 spiro atoms. The molecular formula is C21H26N+. The van der Waals surface area contributed by atoms with Crippen LogP contribution in [0, 0.1) is 6.92 Å². The van der Waals surface area contributed by atoms with E-state index in [2.05, 4.69) is 0 Å². The summed E-state index contributed by atoms with van der Waals surface area (Å²) in [7, 11) is 1.78. The van der Waals surface area contributed by atoms with Gasteiger partial charge in [0.2, 0.25) is 5.69 Å². The van der Waals surface area contributed by atoms with Crippen LogP contribution >= 0.6 is 0 Å². The van der Waals surface area contributed by atoms with Crippen LogP contribution in [0.2, 0.25) is 0 Å². The average Bonchev–Trinajstić information content (AvgIpc) is 2.63. The van der Waals surface area contributed by atoms with Gasteiger partial charge in [0.25, 0.3) is 0 Å². The summed E-state index contributed by atoms with van der Waals surface area (Å²) < 4.78 is 68.7. The van der Waals surface area contributed by atoms with Gasteiger partial charge in [-0.2, -0.15) is 0 Å². The van der Waals surface area contributed by atoms with Gasteiger partial charge in [-0.1, -0.05) is 6.07 Å². The number of benzene rings is 1. The summed E-state index contributed by atoms with van der Waals surface area (Å²) in [5.41, 5.74) is 3.57. The molecule has 0 amide bonds. The molecule has 114 valence electrons. The highest BCUT2D eigenvalue weighted by molar-refractivity contribution is 5.64. The van der Waals surface area contributed by atoms with Crippen molar-refractivity contribution in [2.45, 2.75) is 58.1 Å². The number of nitrogens with zero attached hydrogens (tertiary/aromatic N) is 1. The second kappa shape index (κ2) is 5.53. The predicted molar refractivity (Wildman–Crippen MR) is 91.1 cm³/mol. The fourth-order valence-corrected chi connectivity index (χ4v) is 3.27. The normalized spacial score (nSPS) is 31.5. The van der Waals surface area contributed by atoms with Gasteiger partial charge in [0.15, 0.2) is 6.20 Å². The van der Waals surface area contributed by atoms with Gasteiger partial charge < -0.3 is 0 Å². The first-order valence-electron chi connectivity index (χ1n) is 11.9. The van der Waals surface area contributed by atoms with Crippen LogP contribution in [0.25, 0.3) is 11.3 Å². The van der Waals surface area contributed by atoms with E-state index in [0.717, 1.165) is 5.56 Å². The Labute approximate surface area is 145 Å². The Hall–Kier alpha value is -1.63.